The normalized spacial score (nSPS) is 18.3. The van der Waals surface area contributed by atoms with Crippen LogP contribution in [0.15, 0.2) is 24.5 Å². The maximum absolute atomic E-state index is 4.41. The van der Waals surface area contributed by atoms with Gasteiger partial charge >= 0.3 is 0 Å². The first kappa shape index (κ1) is 15.6. The third-order valence-corrected chi connectivity index (χ3v) is 4.09. The first-order chi connectivity index (χ1) is 10.9. The van der Waals surface area contributed by atoms with Crippen LogP contribution in [0.1, 0.15) is 38.6 Å². The molecular formula is C17H24N6. The van der Waals surface area contributed by atoms with Gasteiger partial charge in [0.15, 0.2) is 5.82 Å². The summed E-state index contributed by atoms with van der Waals surface area (Å²) in [6.07, 6.45) is 2.66. The second-order valence-electron chi connectivity index (χ2n) is 7.15. The molecule has 0 amide bonds. The summed E-state index contributed by atoms with van der Waals surface area (Å²) < 4.78 is 0. The highest BCUT2D eigenvalue weighted by Crippen LogP contribution is 2.23. The van der Waals surface area contributed by atoms with Crippen molar-refractivity contribution in [3.05, 3.63) is 35.9 Å². The van der Waals surface area contributed by atoms with E-state index in [-0.39, 0.29) is 5.41 Å². The third-order valence-electron chi connectivity index (χ3n) is 4.09. The molecule has 1 aliphatic rings. The van der Waals surface area contributed by atoms with Gasteiger partial charge in [0.05, 0.1) is 5.69 Å². The van der Waals surface area contributed by atoms with Crippen LogP contribution in [0, 0.1) is 6.92 Å². The van der Waals surface area contributed by atoms with Gasteiger partial charge in [0.2, 0.25) is 0 Å². The Morgan fingerprint density at radius 1 is 1.17 bits per heavy atom. The minimum atomic E-state index is 0.0332. The van der Waals surface area contributed by atoms with E-state index in [4.69, 9.17) is 0 Å². The van der Waals surface area contributed by atoms with Gasteiger partial charge in [-0.15, -0.1) is 5.10 Å². The third kappa shape index (κ3) is 3.75. The highest BCUT2D eigenvalue weighted by molar-refractivity contribution is 5.43. The number of anilines is 2. The lowest BCUT2D eigenvalue weighted by atomic mass is 9.92. The first-order valence-electron chi connectivity index (χ1n) is 8.06. The maximum Gasteiger partial charge on any atom is 0.151 e. The molecule has 1 N–H and O–H groups in total. The Labute approximate surface area is 137 Å². The predicted octanol–water partition coefficient (Wildman–Crippen LogP) is 2.56. The van der Waals surface area contributed by atoms with Crippen LogP contribution in [-0.4, -0.2) is 39.3 Å². The van der Waals surface area contributed by atoms with Crippen molar-refractivity contribution in [3.8, 4) is 0 Å². The Kier molecular flexibility index (Phi) is 4.15. The zero-order chi connectivity index (χ0) is 16.4. The summed E-state index contributed by atoms with van der Waals surface area (Å²) in [7, 11) is 0. The molecule has 0 aliphatic carbocycles. The van der Waals surface area contributed by atoms with Crippen molar-refractivity contribution in [2.24, 2.45) is 0 Å². The molecule has 1 unspecified atom stereocenters. The Balaban J connectivity index is 1.63. The molecule has 0 bridgehead atoms. The Bertz CT molecular complexity index is 662. The molecule has 0 spiro atoms. The lowest BCUT2D eigenvalue weighted by molar-refractivity contribution is 0.558. The van der Waals surface area contributed by atoms with Crippen LogP contribution in [0.4, 0.5) is 11.6 Å². The SMILES string of the molecule is Cc1cc(NC2CCN(c3ccc(C(C)(C)C)nn3)C2)ncn1. The van der Waals surface area contributed by atoms with Crippen LogP contribution in [-0.2, 0) is 5.41 Å². The molecule has 0 radical (unpaired) electrons. The van der Waals surface area contributed by atoms with Crippen LogP contribution < -0.4 is 10.2 Å². The molecule has 1 aliphatic heterocycles. The zero-order valence-corrected chi connectivity index (χ0v) is 14.2. The average molecular weight is 312 g/mol. The second kappa shape index (κ2) is 6.10. The zero-order valence-electron chi connectivity index (χ0n) is 14.2. The monoisotopic (exact) mass is 312 g/mol. The summed E-state index contributed by atoms with van der Waals surface area (Å²) in [5.41, 5.74) is 2.03. The van der Waals surface area contributed by atoms with Gasteiger partial charge in [-0.05, 0) is 25.5 Å². The average Bonchev–Trinajstić information content (AvgIpc) is 2.95. The van der Waals surface area contributed by atoms with Gasteiger partial charge in [0.25, 0.3) is 0 Å². The molecule has 2 aromatic heterocycles. The highest BCUT2D eigenvalue weighted by atomic mass is 15.3. The molecule has 3 heterocycles. The largest absolute Gasteiger partial charge is 0.365 e. The van der Waals surface area contributed by atoms with E-state index in [1.54, 1.807) is 6.33 Å². The molecule has 0 aromatic carbocycles. The highest BCUT2D eigenvalue weighted by Gasteiger charge is 2.24. The molecule has 1 atom stereocenters. The van der Waals surface area contributed by atoms with Gasteiger partial charge in [0.1, 0.15) is 12.1 Å². The molecule has 23 heavy (non-hydrogen) atoms. The first-order valence-corrected chi connectivity index (χ1v) is 8.06. The second-order valence-corrected chi connectivity index (χ2v) is 7.15. The van der Waals surface area contributed by atoms with Gasteiger partial charge in [-0.1, -0.05) is 20.8 Å². The summed E-state index contributed by atoms with van der Waals surface area (Å²) in [6, 6.07) is 6.50. The summed E-state index contributed by atoms with van der Waals surface area (Å²) >= 11 is 0. The van der Waals surface area contributed by atoms with Gasteiger partial charge in [-0.3, -0.25) is 0 Å². The van der Waals surface area contributed by atoms with E-state index in [2.05, 4.69) is 63.3 Å². The standard InChI is InChI=1S/C17H24N6/c1-12-9-15(19-11-18-12)20-13-7-8-23(10-13)16-6-5-14(21-22-16)17(2,3)4/h5-6,9,11,13H,7-8,10H2,1-4H3,(H,18,19,20). The number of hydrogen-bond acceptors (Lipinski definition) is 6. The molecule has 0 saturated carbocycles. The Morgan fingerprint density at radius 2 is 2.00 bits per heavy atom. The minimum Gasteiger partial charge on any atom is -0.365 e. The van der Waals surface area contributed by atoms with Crippen molar-refractivity contribution in [3.63, 3.8) is 0 Å². The quantitative estimate of drug-likeness (QED) is 0.939. The fraction of sp³-hybridized carbons (Fsp3) is 0.529. The number of hydrogen-bond donors (Lipinski definition) is 1. The molecule has 122 valence electrons. The van der Waals surface area contributed by atoms with E-state index in [1.165, 1.54) is 0 Å². The van der Waals surface area contributed by atoms with Crippen molar-refractivity contribution in [2.75, 3.05) is 23.3 Å². The maximum atomic E-state index is 4.41. The van der Waals surface area contributed by atoms with Crippen molar-refractivity contribution in [1.29, 1.82) is 0 Å². The molecule has 3 rings (SSSR count). The van der Waals surface area contributed by atoms with Gasteiger partial charge in [-0.25, -0.2) is 9.97 Å². The Morgan fingerprint density at radius 3 is 2.65 bits per heavy atom. The molecule has 6 heteroatoms. The van der Waals surface area contributed by atoms with Crippen LogP contribution in [0.25, 0.3) is 0 Å². The van der Waals surface area contributed by atoms with Gasteiger partial charge in [0, 0.05) is 36.3 Å². The number of aryl methyl sites for hydroxylation is 1. The van der Waals surface area contributed by atoms with E-state index < -0.39 is 0 Å². The van der Waals surface area contributed by atoms with E-state index >= 15 is 0 Å². The molecule has 1 fully saturated rings. The van der Waals surface area contributed by atoms with Crippen LogP contribution in [0.3, 0.4) is 0 Å². The van der Waals surface area contributed by atoms with Crippen LogP contribution in [0.5, 0.6) is 0 Å². The Hall–Kier alpha value is -2.24. The van der Waals surface area contributed by atoms with Gasteiger partial charge < -0.3 is 10.2 Å². The number of nitrogens with zero attached hydrogens (tertiary/aromatic N) is 5. The summed E-state index contributed by atoms with van der Waals surface area (Å²) in [5.74, 6) is 1.83. The van der Waals surface area contributed by atoms with E-state index in [9.17, 15) is 0 Å². The molecular weight excluding hydrogens is 288 g/mol. The van der Waals surface area contributed by atoms with E-state index in [1.807, 2.05) is 13.0 Å². The van der Waals surface area contributed by atoms with Crippen LogP contribution in [0.2, 0.25) is 0 Å². The number of rotatable bonds is 3. The van der Waals surface area contributed by atoms with Crippen molar-refractivity contribution in [1.82, 2.24) is 20.2 Å². The number of nitrogens with one attached hydrogen (secondary N) is 1. The lowest BCUT2D eigenvalue weighted by Crippen LogP contribution is -2.27. The topological polar surface area (TPSA) is 66.8 Å². The van der Waals surface area contributed by atoms with Crippen molar-refractivity contribution < 1.29 is 0 Å². The smallest absolute Gasteiger partial charge is 0.151 e. The minimum absolute atomic E-state index is 0.0332. The van der Waals surface area contributed by atoms with Crippen molar-refractivity contribution in [2.45, 2.75) is 45.6 Å². The van der Waals surface area contributed by atoms with Gasteiger partial charge in [-0.2, -0.15) is 5.10 Å². The molecule has 2 aromatic rings. The predicted molar refractivity (Wildman–Crippen MR) is 91.7 cm³/mol. The lowest BCUT2D eigenvalue weighted by Gasteiger charge is -2.20. The fourth-order valence-corrected chi connectivity index (χ4v) is 2.72. The number of aromatic nitrogens is 4. The van der Waals surface area contributed by atoms with Crippen molar-refractivity contribution >= 4 is 11.6 Å². The van der Waals surface area contributed by atoms with E-state index in [0.717, 1.165) is 42.5 Å². The van der Waals surface area contributed by atoms with E-state index in [0.29, 0.717) is 6.04 Å². The van der Waals surface area contributed by atoms with Crippen LogP contribution >= 0.6 is 0 Å². The molecule has 1 saturated heterocycles. The summed E-state index contributed by atoms with van der Waals surface area (Å²) in [4.78, 5) is 10.7. The summed E-state index contributed by atoms with van der Waals surface area (Å²) in [6.45, 7) is 10.3. The summed E-state index contributed by atoms with van der Waals surface area (Å²) in [5, 5.41) is 12.3. The fourth-order valence-electron chi connectivity index (χ4n) is 2.72. The molecule has 6 nitrogen and oxygen atoms in total.